The summed E-state index contributed by atoms with van der Waals surface area (Å²) in [6, 6.07) is 5.50. The van der Waals surface area contributed by atoms with Crippen LogP contribution < -0.4 is 0 Å². The van der Waals surface area contributed by atoms with Crippen LogP contribution in [0.25, 0.3) is 0 Å². The molecule has 0 radical (unpaired) electrons. The zero-order valence-electron chi connectivity index (χ0n) is 19.4. The maximum absolute atomic E-state index is 13.3. The third-order valence-corrected chi connectivity index (χ3v) is 9.46. The Labute approximate surface area is 193 Å². The molecule has 0 amide bonds. The largest absolute Gasteiger partial charge is 0.417 e. The summed E-state index contributed by atoms with van der Waals surface area (Å²) in [4.78, 5) is 0. The Morgan fingerprint density at radius 1 is 1.03 bits per heavy atom. The minimum atomic E-state index is -4.41. The lowest BCUT2D eigenvalue weighted by Crippen LogP contribution is -2.50. The maximum atomic E-state index is 13.3. The molecule has 4 unspecified atom stereocenters. The van der Waals surface area contributed by atoms with Crippen molar-refractivity contribution in [3.05, 3.63) is 47.0 Å². The standard InChI is InChI=1S/C27H33F3N2O/c1-25-13-11-19(33)15-18(25)7-8-20-22-9-10-24(26(22,2)14-12-23(20)25)32-31-16-17-5-3-4-6-21(17)27(28,29)30/h3-7,16,19-20,22-23,33H,8-15H2,1-2H3/b31-16+,32-24+/t19?,20?,22?,23?,25-,26-/m1/s1. The Hall–Kier alpha value is -1.95. The van der Waals surface area contributed by atoms with Gasteiger partial charge in [-0.1, -0.05) is 43.7 Å². The fraction of sp³-hybridized carbons (Fsp3) is 0.630. The molecule has 0 aromatic heterocycles. The van der Waals surface area contributed by atoms with Gasteiger partial charge >= 0.3 is 6.18 Å². The molecule has 33 heavy (non-hydrogen) atoms. The summed E-state index contributed by atoms with van der Waals surface area (Å²) in [5.41, 5.74) is 2.05. The fourth-order valence-corrected chi connectivity index (χ4v) is 7.62. The van der Waals surface area contributed by atoms with E-state index in [1.54, 1.807) is 6.07 Å². The third kappa shape index (κ3) is 3.78. The maximum Gasteiger partial charge on any atom is 0.417 e. The SMILES string of the molecule is C[C@@]12CCC3C(CC=C4CC(O)CC[C@]43C)C1CC/C2=N\N=C\c1ccccc1C(F)(F)F. The quantitative estimate of drug-likeness (QED) is 0.296. The van der Waals surface area contributed by atoms with E-state index >= 15 is 0 Å². The zero-order valence-corrected chi connectivity index (χ0v) is 19.4. The summed E-state index contributed by atoms with van der Waals surface area (Å²) in [5, 5.41) is 18.8. The van der Waals surface area contributed by atoms with Crippen molar-refractivity contribution in [3.8, 4) is 0 Å². The summed E-state index contributed by atoms with van der Waals surface area (Å²) in [6.07, 6.45) is 7.05. The van der Waals surface area contributed by atoms with Crippen molar-refractivity contribution in [2.24, 2.45) is 38.8 Å². The van der Waals surface area contributed by atoms with Crippen LogP contribution in [0.3, 0.4) is 0 Å². The number of rotatable bonds is 2. The van der Waals surface area contributed by atoms with Crippen LogP contribution in [-0.4, -0.2) is 23.1 Å². The molecule has 1 aromatic rings. The van der Waals surface area contributed by atoms with E-state index in [-0.39, 0.29) is 22.5 Å². The first-order valence-electron chi connectivity index (χ1n) is 12.3. The fourth-order valence-electron chi connectivity index (χ4n) is 7.62. The lowest BCUT2D eigenvalue weighted by molar-refractivity contribution is -0.137. The van der Waals surface area contributed by atoms with Crippen molar-refractivity contribution >= 4 is 11.9 Å². The van der Waals surface area contributed by atoms with Crippen molar-refractivity contribution < 1.29 is 18.3 Å². The van der Waals surface area contributed by atoms with Gasteiger partial charge in [0.05, 0.1) is 17.9 Å². The molecule has 178 valence electrons. The number of hydrogen-bond acceptors (Lipinski definition) is 3. The van der Waals surface area contributed by atoms with Gasteiger partial charge in [-0.05, 0) is 80.6 Å². The predicted octanol–water partition coefficient (Wildman–Crippen LogP) is 6.80. The second-order valence-electron chi connectivity index (χ2n) is 11.0. The van der Waals surface area contributed by atoms with Gasteiger partial charge in [0.2, 0.25) is 0 Å². The molecule has 3 nitrogen and oxygen atoms in total. The van der Waals surface area contributed by atoms with Crippen LogP contribution in [-0.2, 0) is 6.18 Å². The molecule has 1 N–H and O–H groups in total. The highest BCUT2D eigenvalue weighted by atomic mass is 19.4. The van der Waals surface area contributed by atoms with E-state index in [0.29, 0.717) is 17.8 Å². The number of alkyl halides is 3. The number of halogens is 3. The minimum absolute atomic E-state index is 0.0298. The summed E-state index contributed by atoms with van der Waals surface area (Å²) in [6.45, 7) is 4.71. The molecule has 6 atom stereocenters. The molecule has 5 rings (SSSR count). The summed E-state index contributed by atoms with van der Waals surface area (Å²) < 4.78 is 39.8. The number of aliphatic hydroxyl groups is 1. The zero-order chi connectivity index (χ0) is 23.4. The van der Waals surface area contributed by atoms with E-state index in [1.807, 2.05) is 0 Å². The van der Waals surface area contributed by atoms with Crippen LogP contribution >= 0.6 is 0 Å². The topological polar surface area (TPSA) is 45.0 Å². The number of hydrogen-bond donors (Lipinski definition) is 1. The monoisotopic (exact) mass is 458 g/mol. The normalized spacial score (nSPS) is 39.8. The van der Waals surface area contributed by atoms with Crippen LogP contribution in [0.4, 0.5) is 13.2 Å². The van der Waals surface area contributed by atoms with Gasteiger partial charge in [-0.3, -0.25) is 0 Å². The first-order chi connectivity index (χ1) is 15.6. The highest BCUT2D eigenvalue weighted by Crippen LogP contribution is 2.64. The smallest absolute Gasteiger partial charge is 0.393 e. The Bertz CT molecular complexity index is 1010. The van der Waals surface area contributed by atoms with E-state index in [2.05, 4.69) is 30.1 Å². The third-order valence-electron chi connectivity index (χ3n) is 9.46. The van der Waals surface area contributed by atoms with Crippen LogP contribution in [0.1, 0.15) is 76.3 Å². The molecule has 0 spiro atoms. The van der Waals surface area contributed by atoms with Crippen molar-refractivity contribution in [1.82, 2.24) is 0 Å². The molecule has 0 aliphatic heterocycles. The molecule has 0 bridgehead atoms. The van der Waals surface area contributed by atoms with Crippen molar-refractivity contribution in [2.75, 3.05) is 0 Å². The van der Waals surface area contributed by atoms with Gasteiger partial charge in [-0.2, -0.15) is 23.4 Å². The van der Waals surface area contributed by atoms with Gasteiger partial charge in [0.1, 0.15) is 0 Å². The Morgan fingerprint density at radius 2 is 1.76 bits per heavy atom. The molecule has 0 saturated heterocycles. The molecule has 1 aromatic carbocycles. The van der Waals surface area contributed by atoms with Gasteiger partial charge in [0.25, 0.3) is 0 Å². The van der Waals surface area contributed by atoms with Crippen molar-refractivity contribution in [1.29, 1.82) is 0 Å². The van der Waals surface area contributed by atoms with Crippen LogP contribution in [0.2, 0.25) is 0 Å². The number of aliphatic hydroxyl groups excluding tert-OH is 1. The predicted molar refractivity (Wildman–Crippen MR) is 124 cm³/mol. The lowest BCUT2D eigenvalue weighted by Gasteiger charge is -2.57. The Morgan fingerprint density at radius 3 is 2.55 bits per heavy atom. The van der Waals surface area contributed by atoms with Crippen molar-refractivity contribution in [2.45, 2.75) is 77.5 Å². The summed E-state index contributed by atoms with van der Waals surface area (Å²) in [5.74, 6) is 1.79. The van der Waals surface area contributed by atoms with E-state index in [1.165, 1.54) is 23.9 Å². The number of allylic oxidation sites excluding steroid dienone is 1. The van der Waals surface area contributed by atoms with Gasteiger partial charge in [-0.25, -0.2) is 0 Å². The van der Waals surface area contributed by atoms with E-state index in [9.17, 15) is 18.3 Å². The number of nitrogens with zero attached hydrogens (tertiary/aromatic N) is 2. The average molecular weight is 459 g/mol. The van der Waals surface area contributed by atoms with Crippen LogP contribution in [0, 0.1) is 28.6 Å². The van der Waals surface area contributed by atoms with Crippen LogP contribution in [0.15, 0.2) is 46.1 Å². The molecule has 6 heteroatoms. The second-order valence-corrected chi connectivity index (χ2v) is 11.0. The van der Waals surface area contributed by atoms with Crippen molar-refractivity contribution in [3.63, 3.8) is 0 Å². The molecule has 0 heterocycles. The van der Waals surface area contributed by atoms with E-state index < -0.39 is 11.7 Å². The highest BCUT2D eigenvalue weighted by molar-refractivity contribution is 5.93. The number of benzene rings is 1. The molecular formula is C27H33F3N2O. The molecular weight excluding hydrogens is 425 g/mol. The van der Waals surface area contributed by atoms with Gasteiger partial charge in [0, 0.05) is 16.7 Å². The summed E-state index contributed by atoms with van der Waals surface area (Å²) >= 11 is 0. The van der Waals surface area contributed by atoms with E-state index in [0.717, 1.165) is 63.1 Å². The molecule has 3 fully saturated rings. The highest BCUT2D eigenvalue weighted by Gasteiger charge is 2.57. The number of fused-ring (bicyclic) bond motifs is 5. The molecule has 4 aliphatic carbocycles. The second kappa shape index (κ2) is 8.07. The van der Waals surface area contributed by atoms with Gasteiger partial charge < -0.3 is 5.11 Å². The van der Waals surface area contributed by atoms with Gasteiger partial charge in [0.15, 0.2) is 0 Å². The molecule has 4 aliphatic rings. The first kappa shape index (κ1) is 22.8. The minimum Gasteiger partial charge on any atom is -0.393 e. The Kier molecular flexibility index (Phi) is 5.58. The average Bonchev–Trinajstić information content (AvgIpc) is 3.10. The first-order valence-corrected chi connectivity index (χ1v) is 12.3. The van der Waals surface area contributed by atoms with Gasteiger partial charge in [-0.15, -0.1) is 0 Å². The lowest BCUT2D eigenvalue weighted by atomic mass is 9.48. The molecule has 3 saturated carbocycles. The summed E-state index contributed by atoms with van der Waals surface area (Å²) in [7, 11) is 0. The Balaban J connectivity index is 1.38. The van der Waals surface area contributed by atoms with Crippen LogP contribution in [0.5, 0.6) is 0 Å². The van der Waals surface area contributed by atoms with E-state index in [4.69, 9.17) is 0 Å².